The number of hydrogen-bond donors (Lipinski definition) is 3. The van der Waals surface area contributed by atoms with Gasteiger partial charge in [-0.2, -0.15) is 0 Å². The maximum atomic E-state index is 14.1. The van der Waals surface area contributed by atoms with Gasteiger partial charge in [-0.05, 0) is 30.5 Å². The van der Waals surface area contributed by atoms with Gasteiger partial charge in [0.05, 0.1) is 39.9 Å². The lowest BCUT2D eigenvalue weighted by Gasteiger charge is -2.37. The zero-order chi connectivity index (χ0) is 26.3. The Kier molecular flexibility index (Phi) is 7.60. The largest absolute Gasteiger partial charge is 0.394 e. The summed E-state index contributed by atoms with van der Waals surface area (Å²) >= 11 is 11.6. The summed E-state index contributed by atoms with van der Waals surface area (Å²) in [6.07, 6.45) is 1.05. The molecule has 3 saturated heterocycles. The van der Waals surface area contributed by atoms with Crippen LogP contribution in [0.3, 0.4) is 0 Å². The topological polar surface area (TPSA) is 98.7 Å². The minimum Gasteiger partial charge on any atom is -0.394 e. The molecular weight excluding hydrogens is 578 g/mol. The number of fused-ring (bicyclic) bond motifs is 1. The van der Waals surface area contributed by atoms with Gasteiger partial charge in [0, 0.05) is 16.6 Å². The van der Waals surface area contributed by atoms with Crippen LogP contribution in [-0.4, -0.2) is 61.2 Å². The van der Waals surface area contributed by atoms with Crippen LogP contribution in [0.5, 0.6) is 0 Å². The molecular formula is C27H29BrClN3O4S. The molecule has 0 saturated carbocycles. The van der Waals surface area contributed by atoms with Gasteiger partial charge in [-0.25, -0.2) is 0 Å². The minimum absolute atomic E-state index is 0.0289. The number of carbonyl (C=O) groups is 3. The van der Waals surface area contributed by atoms with Gasteiger partial charge in [0.25, 0.3) is 0 Å². The lowest BCUT2D eigenvalue weighted by Crippen LogP contribution is -2.55. The number of amides is 3. The highest BCUT2D eigenvalue weighted by molar-refractivity contribution is 9.09. The summed E-state index contributed by atoms with van der Waals surface area (Å²) in [5.74, 6) is -2.02. The van der Waals surface area contributed by atoms with Gasteiger partial charge < -0.3 is 20.6 Å². The molecule has 7 atom stereocenters. The predicted molar refractivity (Wildman–Crippen MR) is 149 cm³/mol. The number of halogens is 2. The second-order valence-electron chi connectivity index (χ2n) is 9.83. The lowest BCUT2D eigenvalue weighted by molar-refractivity contribution is -0.142. The highest BCUT2D eigenvalue weighted by Crippen LogP contribution is 2.68. The second kappa shape index (κ2) is 10.6. The van der Waals surface area contributed by atoms with Gasteiger partial charge in [0.1, 0.15) is 6.04 Å². The monoisotopic (exact) mass is 605 g/mol. The van der Waals surface area contributed by atoms with E-state index in [0.29, 0.717) is 30.1 Å². The molecule has 7 nitrogen and oxygen atoms in total. The normalized spacial score (nSPS) is 30.8. The molecule has 3 unspecified atom stereocenters. The number of nitrogens with zero attached hydrogens (tertiary/aromatic N) is 1. The van der Waals surface area contributed by atoms with E-state index >= 15 is 0 Å². The number of benzene rings is 2. The molecule has 2 aromatic rings. The summed E-state index contributed by atoms with van der Waals surface area (Å²) < 4.78 is -0.793. The number of aliphatic hydroxyl groups is 1. The highest BCUT2D eigenvalue weighted by Gasteiger charge is 2.76. The molecule has 3 N–H and O–H groups in total. The maximum absolute atomic E-state index is 14.1. The van der Waals surface area contributed by atoms with Crippen molar-refractivity contribution in [3.8, 4) is 0 Å². The molecule has 3 amide bonds. The number of alkyl halides is 1. The van der Waals surface area contributed by atoms with Gasteiger partial charge in [-0.1, -0.05) is 76.9 Å². The summed E-state index contributed by atoms with van der Waals surface area (Å²) in [6, 6.07) is 15.2. The Morgan fingerprint density at radius 1 is 1.19 bits per heavy atom. The van der Waals surface area contributed by atoms with E-state index in [1.807, 2.05) is 37.3 Å². The fourth-order valence-electron chi connectivity index (χ4n) is 6.14. The molecule has 3 fully saturated rings. The Hall–Kier alpha value is -2.07. The number of likely N-dealkylation sites (tertiary alicyclic amines) is 1. The quantitative estimate of drug-likeness (QED) is 0.397. The van der Waals surface area contributed by atoms with Crippen molar-refractivity contribution in [2.24, 2.45) is 11.8 Å². The number of anilines is 1. The first kappa shape index (κ1) is 26.5. The molecule has 10 heteroatoms. The molecule has 196 valence electrons. The molecule has 0 aliphatic carbocycles. The standard InChI is InChI=1S/C27H29BrClN3O4S/c1-2-16(14-33)32-23(25(35)31-19-11-7-6-10-18(19)29)27-12-17(28)22(37-27)20(21(27)26(32)36)24(34)30-13-15-8-4-3-5-9-15/h3-11,16-17,20-23,33H,2,12-14H2,1H3,(H,30,34)(H,31,35)/t16-,17?,20+,21-,22+,23?,27?/m0/s1. The molecule has 2 bridgehead atoms. The summed E-state index contributed by atoms with van der Waals surface area (Å²) in [5.41, 5.74) is 1.43. The lowest BCUT2D eigenvalue weighted by atomic mass is 9.70. The van der Waals surface area contributed by atoms with E-state index in [2.05, 4.69) is 26.6 Å². The number of aliphatic hydroxyl groups excluding tert-OH is 1. The summed E-state index contributed by atoms with van der Waals surface area (Å²) in [4.78, 5) is 43.1. The molecule has 1 spiro atoms. The van der Waals surface area contributed by atoms with Gasteiger partial charge in [0.15, 0.2) is 0 Å². The first-order valence-corrected chi connectivity index (χ1v) is 14.6. The number of rotatable bonds is 8. The van der Waals surface area contributed by atoms with E-state index in [4.69, 9.17) is 11.6 Å². The third kappa shape index (κ3) is 4.47. The Morgan fingerprint density at radius 3 is 2.57 bits per heavy atom. The molecule has 2 aromatic carbocycles. The summed E-state index contributed by atoms with van der Waals surface area (Å²) in [6.45, 7) is 1.98. The van der Waals surface area contributed by atoms with Crippen molar-refractivity contribution >= 4 is 62.7 Å². The molecule has 3 aliphatic rings. The molecule has 5 rings (SSSR count). The zero-order valence-electron chi connectivity index (χ0n) is 20.3. The van der Waals surface area contributed by atoms with Crippen molar-refractivity contribution in [3.05, 3.63) is 65.2 Å². The number of carbonyl (C=O) groups excluding carboxylic acids is 3. The minimum atomic E-state index is -0.847. The molecule has 0 aromatic heterocycles. The maximum Gasteiger partial charge on any atom is 0.248 e. The molecule has 3 heterocycles. The average molecular weight is 607 g/mol. The highest BCUT2D eigenvalue weighted by atomic mass is 79.9. The van der Waals surface area contributed by atoms with E-state index in [0.717, 1.165) is 5.56 Å². The van der Waals surface area contributed by atoms with Gasteiger partial charge in [-0.3, -0.25) is 14.4 Å². The first-order chi connectivity index (χ1) is 17.8. The third-order valence-electron chi connectivity index (χ3n) is 7.79. The van der Waals surface area contributed by atoms with Crippen LogP contribution in [0.25, 0.3) is 0 Å². The van der Waals surface area contributed by atoms with Crippen LogP contribution < -0.4 is 10.6 Å². The van der Waals surface area contributed by atoms with E-state index in [1.54, 1.807) is 40.9 Å². The van der Waals surface area contributed by atoms with Crippen molar-refractivity contribution in [2.75, 3.05) is 11.9 Å². The predicted octanol–water partition coefficient (Wildman–Crippen LogP) is 3.83. The van der Waals surface area contributed by atoms with Crippen molar-refractivity contribution in [1.82, 2.24) is 10.2 Å². The fraction of sp³-hybridized carbons (Fsp3) is 0.444. The smallest absolute Gasteiger partial charge is 0.248 e. The number of nitrogens with one attached hydrogen (secondary N) is 2. The third-order valence-corrected chi connectivity index (χ3v) is 11.3. The van der Waals surface area contributed by atoms with Crippen LogP contribution in [0, 0.1) is 11.8 Å². The van der Waals surface area contributed by atoms with Crippen LogP contribution in [0.15, 0.2) is 54.6 Å². The van der Waals surface area contributed by atoms with Crippen LogP contribution in [-0.2, 0) is 20.9 Å². The Balaban J connectivity index is 1.49. The van der Waals surface area contributed by atoms with Crippen molar-refractivity contribution < 1.29 is 19.5 Å². The van der Waals surface area contributed by atoms with E-state index in [9.17, 15) is 19.5 Å². The Bertz CT molecular complexity index is 1200. The Morgan fingerprint density at radius 2 is 1.89 bits per heavy atom. The summed E-state index contributed by atoms with van der Waals surface area (Å²) in [7, 11) is 0. The average Bonchev–Trinajstić information content (AvgIpc) is 3.49. The Labute approximate surface area is 233 Å². The second-order valence-corrected chi connectivity index (χ2v) is 12.9. The van der Waals surface area contributed by atoms with Gasteiger partial charge >= 0.3 is 0 Å². The first-order valence-electron chi connectivity index (χ1n) is 12.4. The number of hydrogen-bond acceptors (Lipinski definition) is 5. The van der Waals surface area contributed by atoms with Gasteiger partial charge in [-0.15, -0.1) is 11.8 Å². The van der Waals surface area contributed by atoms with E-state index in [-0.39, 0.29) is 34.4 Å². The molecule has 0 radical (unpaired) electrons. The van der Waals surface area contributed by atoms with Crippen LogP contribution in [0.2, 0.25) is 5.02 Å². The van der Waals surface area contributed by atoms with Crippen molar-refractivity contribution in [3.63, 3.8) is 0 Å². The van der Waals surface area contributed by atoms with Gasteiger partial charge in [0.2, 0.25) is 17.7 Å². The van der Waals surface area contributed by atoms with Crippen molar-refractivity contribution in [1.29, 1.82) is 0 Å². The van der Waals surface area contributed by atoms with Crippen LogP contribution in [0.4, 0.5) is 5.69 Å². The number of para-hydroxylation sites is 1. The number of thioether (sulfide) groups is 1. The fourth-order valence-corrected chi connectivity index (χ4v) is 9.92. The summed E-state index contributed by atoms with van der Waals surface area (Å²) in [5, 5.41) is 16.4. The van der Waals surface area contributed by atoms with E-state index < -0.39 is 28.7 Å². The molecule has 3 aliphatic heterocycles. The SMILES string of the molecule is CC[C@@H](CO)N1C(=O)[C@@H]2[C@@H](C(=O)NCc3ccccc3)[C@@H]3SC2(CC3Br)C1C(=O)Nc1ccccc1Cl. The molecule has 37 heavy (non-hydrogen) atoms. The zero-order valence-corrected chi connectivity index (χ0v) is 23.4. The van der Waals surface area contributed by atoms with Crippen molar-refractivity contribution in [2.45, 2.75) is 53.2 Å². The van der Waals surface area contributed by atoms with Crippen LogP contribution >= 0.6 is 39.3 Å². The van der Waals surface area contributed by atoms with E-state index in [1.165, 1.54) is 0 Å². The van der Waals surface area contributed by atoms with Crippen LogP contribution in [0.1, 0.15) is 25.3 Å².